The van der Waals surface area contributed by atoms with Gasteiger partial charge in [0, 0.05) is 23.2 Å². The van der Waals surface area contributed by atoms with E-state index in [9.17, 15) is 9.59 Å². The van der Waals surface area contributed by atoms with E-state index in [1.54, 1.807) is 11.0 Å². The van der Waals surface area contributed by atoms with Crippen LogP contribution in [0.25, 0.3) is 0 Å². The lowest BCUT2D eigenvalue weighted by atomic mass is 9.94. The second-order valence-corrected chi connectivity index (χ2v) is 8.82. The summed E-state index contributed by atoms with van der Waals surface area (Å²) in [6.45, 7) is 7.65. The van der Waals surface area contributed by atoms with E-state index in [1.807, 2.05) is 32.9 Å². The molecule has 1 saturated heterocycles. The second kappa shape index (κ2) is 8.92. The lowest BCUT2D eigenvalue weighted by Crippen LogP contribution is -2.42. The minimum atomic E-state index is -0.463. The number of carbonyl (C=O) groups excluding carboxylic acids is 2. The Bertz CT molecular complexity index is 650. The molecule has 1 aromatic carbocycles. The Morgan fingerprint density at radius 2 is 1.96 bits per heavy atom. The van der Waals surface area contributed by atoms with E-state index >= 15 is 0 Å². The highest BCUT2D eigenvalue weighted by molar-refractivity contribution is 14.1. The standard InChI is InChI=1S/C19H28IN3O3/c1-19(2,3)26-18(25)23-11-8-13(9-12-23)7-10-22-17(24)14-5-4-6-15(20)16(14)21/h4-6,13H,7-12,21H2,1-3H3,(H,22,24). The van der Waals surface area contributed by atoms with E-state index in [2.05, 4.69) is 27.9 Å². The Morgan fingerprint density at radius 3 is 2.58 bits per heavy atom. The Kier molecular flexibility index (Phi) is 7.14. The number of anilines is 1. The first kappa shape index (κ1) is 20.8. The summed E-state index contributed by atoms with van der Waals surface area (Å²) >= 11 is 2.12. The molecule has 26 heavy (non-hydrogen) atoms. The highest BCUT2D eigenvalue weighted by Crippen LogP contribution is 2.22. The maximum atomic E-state index is 12.3. The van der Waals surface area contributed by atoms with Gasteiger partial charge in [-0.15, -0.1) is 0 Å². The Hall–Kier alpha value is -1.51. The molecule has 2 rings (SSSR count). The molecule has 0 radical (unpaired) electrons. The molecule has 1 heterocycles. The number of para-hydroxylation sites is 1. The third-order valence-electron chi connectivity index (χ3n) is 4.40. The van der Waals surface area contributed by atoms with E-state index in [-0.39, 0.29) is 12.0 Å². The van der Waals surface area contributed by atoms with Crippen molar-refractivity contribution in [2.45, 2.75) is 45.6 Å². The third kappa shape index (κ3) is 6.03. The summed E-state index contributed by atoms with van der Waals surface area (Å²) in [6, 6.07) is 5.46. The van der Waals surface area contributed by atoms with Gasteiger partial charge in [-0.05, 0) is 80.7 Å². The van der Waals surface area contributed by atoms with Crippen LogP contribution in [0.5, 0.6) is 0 Å². The van der Waals surface area contributed by atoms with Crippen LogP contribution < -0.4 is 11.1 Å². The number of carbonyl (C=O) groups is 2. The summed E-state index contributed by atoms with van der Waals surface area (Å²) in [5.41, 5.74) is 6.55. The van der Waals surface area contributed by atoms with Crippen LogP contribution in [0.2, 0.25) is 0 Å². The molecule has 0 bridgehead atoms. The number of nitrogens with zero attached hydrogens (tertiary/aromatic N) is 1. The Labute approximate surface area is 169 Å². The van der Waals surface area contributed by atoms with Crippen LogP contribution in [-0.4, -0.2) is 42.1 Å². The lowest BCUT2D eigenvalue weighted by molar-refractivity contribution is 0.0182. The fraction of sp³-hybridized carbons (Fsp3) is 0.579. The number of nitrogens with two attached hydrogens (primary N) is 1. The topological polar surface area (TPSA) is 84.7 Å². The van der Waals surface area contributed by atoms with Crippen molar-refractivity contribution < 1.29 is 14.3 Å². The molecule has 1 aromatic rings. The van der Waals surface area contributed by atoms with Crippen LogP contribution in [0.4, 0.5) is 10.5 Å². The molecule has 0 atom stereocenters. The summed E-state index contributed by atoms with van der Waals surface area (Å²) in [4.78, 5) is 26.1. The highest BCUT2D eigenvalue weighted by atomic mass is 127. The number of piperidine rings is 1. The van der Waals surface area contributed by atoms with Crippen LogP contribution in [0.1, 0.15) is 50.4 Å². The van der Waals surface area contributed by atoms with Gasteiger partial charge in [0.05, 0.1) is 11.3 Å². The van der Waals surface area contributed by atoms with Crippen LogP contribution in [0.15, 0.2) is 18.2 Å². The smallest absolute Gasteiger partial charge is 0.410 e. The van der Waals surface area contributed by atoms with E-state index in [0.717, 1.165) is 22.8 Å². The summed E-state index contributed by atoms with van der Waals surface area (Å²) in [5.74, 6) is 0.370. The quantitative estimate of drug-likeness (QED) is 0.517. The lowest BCUT2D eigenvalue weighted by Gasteiger charge is -2.33. The SMILES string of the molecule is CC(C)(C)OC(=O)N1CCC(CCNC(=O)c2cccc(I)c2N)CC1. The molecule has 6 nitrogen and oxygen atoms in total. The predicted octanol–water partition coefficient (Wildman–Crippen LogP) is 3.64. The maximum Gasteiger partial charge on any atom is 0.410 e. The first-order valence-electron chi connectivity index (χ1n) is 8.97. The Morgan fingerprint density at radius 1 is 1.31 bits per heavy atom. The second-order valence-electron chi connectivity index (χ2n) is 7.66. The van der Waals surface area contributed by atoms with Crippen LogP contribution in [-0.2, 0) is 4.74 Å². The van der Waals surface area contributed by atoms with Crippen molar-refractivity contribution in [2.75, 3.05) is 25.4 Å². The van der Waals surface area contributed by atoms with Gasteiger partial charge >= 0.3 is 6.09 Å². The van der Waals surface area contributed by atoms with Crippen LogP contribution in [0.3, 0.4) is 0 Å². The minimum absolute atomic E-state index is 0.132. The molecular formula is C19H28IN3O3. The number of nitrogen functional groups attached to an aromatic ring is 1. The van der Waals surface area contributed by atoms with E-state index in [1.165, 1.54) is 0 Å². The fourth-order valence-corrected chi connectivity index (χ4v) is 3.45. The number of hydrogen-bond acceptors (Lipinski definition) is 4. The van der Waals surface area contributed by atoms with E-state index in [0.29, 0.717) is 36.8 Å². The first-order chi connectivity index (χ1) is 12.2. The van der Waals surface area contributed by atoms with Crippen LogP contribution in [0, 0.1) is 9.49 Å². The molecule has 1 aliphatic rings. The van der Waals surface area contributed by atoms with Gasteiger partial charge in [-0.25, -0.2) is 4.79 Å². The molecular weight excluding hydrogens is 445 g/mol. The molecule has 2 amide bonds. The number of hydrogen-bond donors (Lipinski definition) is 2. The largest absolute Gasteiger partial charge is 0.444 e. The number of amides is 2. The number of likely N-dealkylation sites (tertiary alicyclic amines) is 1. The van der Waals surface area contributed by atoms with Crippen molar-refractivity contribution >= 4 is 40.3 Å². The molecule has 0 aliphatic carbocycles. The zero-order valence-corrected chi connectivity index (χ0v) is 17.8. The van der Waals surface area contributed by atoms with Gasteiger partial charge < -0.3 is 20.7 Å². The number of nitrogens with one attached hydrogen (secondary N) is 1. The van der Waals surface area contributed by atoms with Crippen molar-refractivity contribution in [2.24, 2.45) is 5.92 Å². The van der Waals surface area contributed by atoms with Crippen molar-refractivity contribution in [3.63, 3.8) is 0 Å². The van der Waals surface area contributed by atoms with Gasteiger partial charge in [-0.1, -0.05) is 6.07 Å². The molecule has 144 valence electrons. The van der Waals surface area contributed by atoms with Gasteiger partial charge in [0.2, 0.25) is 0 Å². The average molecular weight is 473 g/mol. The number of ether oxygens (including phenoxy) is 1. The summed E-state index contributed by atoms with van der Waals surface area (Å²) < 4.78 is 6.29. The van der Waals surface area contributed by atoms with Gasteiger partial charge in [-0.2, -0.15) is 0 Å². The van der Waals surface area contributed by atoms with Gasteiger partial charge in [0.1, 0.15) is 5.60 Å². The van der Waals surface area contributed by atoms with Crippen molar-refractivity contribution in [1.29, 1.82) is 0 Å². The van der Waals surface area contributed by atoms with Gasteiger partial charge in [0.15, 0.2) is 0 Å². The maximum absolute atomic E-state index is 12.3. The monoisotopic (exact) mass is 473 g/mol. The first-order valence-corrected chi connectivity index (χ1v) is 10.1. The van der Waals surface area contributed by atoms with E-state index in [4.69, 9.17) is 10.5 Å². The number of rotatable bonds is 4. The predicted molar refractivity (Wildman–Crippen MR) is 111 cm³/mol. The summed E-state index contributed by atoms with van der Waals surface area (Å²) in [6.07, 6.45) is 2.53. The van der Waals surface area contributed by atoms with Crippen molar-refractivity contribution in [1.82, 2.24) is 10.2 Å². The molecule has 0 spiro atoms. The zero-order valence-electron chi connectivity index (χ0n) is 15.7. The summed E-state index contributed by atoms with van der Waals surface area (Å²) in [5, 5.41) is 2.95. The molecule has 1 fully saturated rings. The van der Waals surface area contributed by atoms with Crippen molar-refractivity contribution in [3.8, 4) is 0 Å². The van der Waals surface area contributed by atoms with Crippen molar-refractivity contribution in [3.05, 3.63) is 27.3 Å². The number of halogens is 1. The Balaban J connectivity index is 1.73. The third-order valence-corrected chi connectivity index (χ3v) is 5.34. The molecule has 1 aliphatic heterocycles. The fourth-order valence-electron chi connectivity index (χ4n) is 2.95. The average Bonchev–Trinajstić information content (AvgIpc) is 2.56. The van der Waals surface area contributed by atoms with Crippen LogP contribution >= 0.6 is 22.6 Å². The molecule has 3 N–H and O–H groups in total. The molecule has 0 unspecified atom stereocenters. The molecule has 7 heteroatoms. The minimum Gasteiger partial charge on any atom is -0.444 e. The number of benzene rings is 1. The van der Waals surface area contributed by atoms with Gasteiger partial charge in [0.25, 0.3) is 5.91 Å². The normalized spacial score (nSPS) is 15.6. The zero-order chi connectivity index (χ0) is 19.3. The summed E-state index contributed by atoms with van der Waals surface area (Å²) in [7, 11) is 0. The van der Waals surface area contributed by atoms with Gasteiger partial charge in [-0.3, -0.25) is 4.79 Å². The highest BCUT2D eigenvalue weighted by Gasteiger charge is 2.26. The molecule has 0 saturated carbocycles. The molecule has 0 aromatic heterocycles. The van der Waals surface area contributed by atoms with E-state index < -0.39 is 5.60 Å².